The van der Waals surface area contributed by atoms with Crippen LogP contribution >= 0.6 is 0 Å². The minimum absolute atomic E-state index is 0.0289. The molecule has 0 fully saturated rings. The maximum absolute atomic E-state index is 12.4. The highest BCUT2D eigenvalue weighted by atomic mass is 16.5. The van der Waals surface area contributed by atoms with Crippen LogP contribution in [0.4, 0.5) is 0 Å². The van der Waals surface area contributed by atoms with Crippen molar-refractivity contribution in [3.8, 4) is 0 Å². The van der Waals surface area contributed by atoms with E-state index < -0.39 is 0 Å². The lowest BCUT2D eigenvalue weighted by Crippen LogP contribution is -2.40. The molecule has 1 N–H and O–H groups in total. The van der Waals surface area contributed by atoms with E-state index in [1.54, 1.807) is 0 Å². The summed E-state index contributed by atoms with van der Waals surface area (Å²) in [7, 11) is 4.22. The van der Waals surface area contributed by atoms with Gasteiger partial charge < -0.3 is 15.0 Å². The quantitative estimate of drug-likeness (QED) is 0.355. The van der Waals surface area contributed by atoms with Gasteiger partial charge in [0.15, 0.2) is 0 Å². The highest BCUT2D eigenvalue weighted by Gasteiger charge is 2.35. The average Bonchev–Trinajstić information content (AvgIpc) is 2.51. The van der Waals surface area contributed by atoms with Gasteiger partial charge in [-0.15, -0.1) is 0 Å². The molecule has 0 heterocycles. The Morgan fingerprint density at radius 2 is 2.04 bits per heavy atom. The summed E-state index contributed by atoms with van der Waals surface area (Å²) in [6.07, 6.45) is 9.25. The molecule has 1 aliphatic carbocycles. The highest BCUT2D eigenvalue weighted by molar-refractivity contribution is 5.76. The highest BCUT2D eigenvalue weighted by Crippen LogP contribution is 2.35. The molecule has 140 valence electrons. The number of hydrogen-bond donors (Lipinski definition) is 1. The van der Waals surface area contributed by atoms with Gasteiger partial charge in [-0.1, -0.05) is 37.8 Å². The molecule has 0 aromatic rings. The Morgan fingerprint density at radius 1 is 1.29 bits per heavy atom. The number of rotatable bonds is 11. The molecule has 1 rings (SSSR count). The molecular weight excluding hydrogens is 300 g/mol. The number of hydrogen-bond acceptors (Lipinski definition) is 4. The predicted molar refractivity (Wildman–Crippen MR) is 101 cm³/mol. The van der Waals surface area contributed by atoms with Crippen molar-refractivity contribution in [2.45, 2.75) is 65.3 Å². The van der Waals surface area contributed by atoms with Crippen LogP contribution < -0.4 is 5.32 Å². The first-order valence-corrected chi connectivity index (χ1v) is 9.72. The van der Waals surface area contributed by atoms with Crippen LogP contribution in [0.25, 0.3) is 0 Å². The lowest BCUT2D eigenvalue weighted by molar-refractivity contribution is -0.148. The molecule has 0 aromatic heterocycles. The first kappa shape index (κ1) is 21.2. The summed E-state index contributed by atoms with van der Waals surface area (Å²) in [5.41, 5.74) is 1.19. The smallest absolute Gasteiger partial charge is 0.313 e. The van der Waals surface area contributed by atoms with E-state index >= 15 is 0 Å². The molecule has 4 heteroatoms. The number of nitrogens with zero attached hydrogens (tertiary/aromatic N) is 1. The number of unbranched alkanes of at least 4 members (excludes halogenated alkanes) is 2. The lowest BCUT2D eigenvalue weighted by Gasteiger charge is -2.34. The Balaban J connectivity index is 2.65. The maximum atomic E-state index is 12.4. The number of carbonyl (C=O) groups excluding carboxylic acids is 1. The molecule has 24 heavy (non-hydrogen) atoms. The summed E-state index contributed by atoms with van der Waals surface area (Å²) in [5.74, 6) is 0.340. The summed E-state index contributed by atoms with van der Waals surface area (Å²) in [6, 6.07) is 0.393. The second-order valence-electron chi connectivity index (χ2n) is 7.35. The van der Waals surface area contributed by atoms with Crippen molar-refractivity contribution < 1.29 is 9.53 Å². The van der Waals surface area contributed by atoms with Crippen molar-refractivity contribution in [2.75, 3.05) is 33.8 Å². The van der Waals surface area contributed by atoms with E-state index in [9.17, 15) is 4.79 Å². The topological polar surface area (TPSA) is 41.6 Å². The third-order valence-corrected chi connectivity index (χ3v) is 4.89. The summed E-state index contributed by atoms with van der Waals surface area (Å²) in [5, 5.41) is 3.66. The van der Waals surface area contributed by atoms with Crippen molar-refractivity contribution >= 4 is 5.97 Å². The van der Waals surface area contributed by atoms with E-state index in [4.69, 9.17) is 4.74 Å². The molecule has 1 aliphatic rings. The Bertz CT molecular complexity index is 393. The average molecular weight is 339 g/mol. The molecule has 0 aromatic carbocycles. The van der Waals surface area contributed by atoms with E-state index in [0.29, 0.717) is 18.6 Å². The number of nitrogens with one attached hydrogen (secondary N) is 1. The van der Waals surface area contributed by atoms with Crippen molar-refractivity contribution in [1.29, 1.82) is 0 Å². The maximum Gasteiger partial charge on any atom is 0.313 e. The lowest BCUT2D eigenvalue weighted by atomic mass is 9.74. The van der Waals surface area contributed by atoms with Gasteiger partial charge in [0.2, 0.25) is 0 Å². The van der Waals surface area contributed by atoms with Crippen molar-refractivity contribution in [1.82, 2.24) is 10.2 Å². The van der Waals surface area contributed by atoms with Crippen LogP contribution in [0.5, 0.6) is 0 Å². The summed E-state index contributed by atoms with van der Waals surface area (Å²) in [6.45, 7) is 8.82. The fraction of sp³-hybridized carbons (Fsp3) is 0.850. The van der Waals surface area contributed by atoms with Gasteiger partial charge in [-0.2, -0.15) is 0 Å². The van der Waals surface area contributed by atoms with Crippen LogP contribution in [-0.2, 0) is 9.53 Å². The molecular formula is C20H38N2O2. The van der Waals surface area contributed by atoms with Gasteiger partial charge in [-0.25, -0.2) is 0 Å². The van der Waals surface area contributed by atoms with Crippen LogP contribution in [0.1, 0.15) is 59.3 Å². The molecule has 4 nitrogen and oxygen atoms in total. The van der Waals surface area contributed by atoms with Crippen molar-refractivity contribution in [3.05, 3.63) is 11.6 Å². The summed E-state index contributed by atoms with van der Waals surface area (Å²) in [4.78, 5) is 14.6. The molecule has 0 bridgehead atoms. The van der Waals surface area contributed by atoms with E-state index in [0.717, 1.165) is 32.4 Å². The molecule has 0 saturated carbocycles. The third kappa shape index (κ3) is 7.35. The Morgan fingerprint density at radius 3 is 2.67 bits per heavy atom. The van der Waals surface area contributed by atoms with Crippen LogP contribution in [-0.4, -0.2) is 50.7 Å². The zero-order chi connectivity index (χ0) is 17.9. The first-order chi connectivity index (χ1) is 11.5. The van der Waals surface area contributed by atoms with E-state index in [1.165, 1.54) is 24.8 Å². The number of esters is 1. The van der Waals surface area contributed by atoms with Gasteiger partial charge >= 0.3 is 5.97 Å². The normalized spacial score (nSPS) is 24.1. The minimum Gasteiger partial charge on any atom is -0.466 e. The summed E-state index contributed by atoms with van der Waals surface area (Å²) >= 11 is 0. The Kier molecular flexibility index (Phi) is 10.3. The Labute approximate surface area is 149 Å². The van der Waals surface area contributed by atoms with Gasteiger partial charge in [0.1, 0.15) is 0 Å². The standard InChI is InChI=1S/C20H38N2O2/c1-6-8-9-11-17-15-18(21-12-10-13-22(4)5)14-16(3)19(17)20(23)24-7-2/h14,17-19,21H,6-13,15H2,1-5H3/t17-,18-,19-/m1/s1. The molecule has 0 amide bonds. The van der Waals surface area contributed by atoms with Gasteiger partial charge in [0.05, 0.1) is 12.5 Å². The Hall–Kier alpha value is -0.870. The second-order valence-corrected chi connectivity index (χ2v) is 7.35. The fourth-order valence-corrected chi connectivity index (χ4v) is 3.70. The second kappa shape index (κ2) is 11.6. The van der Waals surface area contributed by atoms with Crippen LogP contribution in [0.2, 0.25) is 0 Å². The monoisotopic (exact) mass is 338 g/mol. The molecule has 0 unspecified atom stereocenters. The molecule has 0 spiro atoms. The number of carbonyl (C=O) groups is 1. The van der Waals surface area contributed by atoms with E-state index in [2.05, 4.69) is 44.2 Å². The molecule has 0 saturated heterocycles. The van der Waals surface area contributed by atoms with E-state index in [1.807, 2.05) is 6.92 Å². The van der Waals surface area contributed by atoms with Crippen molar-refractivity contribution in [3.63, 3.8) is 0 Å². The van der Waals surface area contributed by atoms with Crippen molar-refractivity contribution in [2.24, 2.45) is 11.8 Å². The fourth-order valence-electron chi connectivity index (χ4n) is 3.70. The van der Waals surface area contributed by atoms with Crippen LogP contribution in [0, 0.1) is 11.8 Å². The van der Waals surface area contributed by atoms with Crippen LogP contribution in [0.15, 0.2) is 11.6 Å². The predicted octanol–water partition coefficient (Wildman–Crippen LogP) is 3.62. The van der Waals surface area contributed by atoms with Gasteiger partial charge in [0, 0.05) is 6.04 Å². The van der Waals surface area contributed by atoms with Gasteiger partial charge in [-0.3, -0.25) is 4.79 Å². The number of ether oxygens (including phenoxy) is 1. The molecule has 0 aliphatic heterocycles. The third-order valence-electron chi connectivity index (χ3n) is 4.89. The largest absolute Gasteiger partial charge is 0.466 e. The van der Waals surface area contributed by atoms with Gasteiger partial charge in [0.25, 0.3) is 0 Å². The minimum atomic E-state index is -0.0402. The zero-order valence-corrected chi connectivity index (χ0v) is 16.4. The first-order valence-electron chi connectivity index (χ1n) is 9.72. The van der Waals surface area contributed by atoms with Crippen LogP contribution in [0.3, 0.4) is 0 Å². The molecule has 3 atom stereocenters. The summed E-state index contributed by atoms with van der Waals surface area (Å²) < 4.78 is 5.34. The SMILES string of the molecule is CCCCC[C@@H]1C[C@H](NCCCN(C)C)C=C(C)[C@H]1C(=O)OCC. The zero-order valence-electron chi connectivity index (χ0n) is 16.4. The molecule has 0 radical (unpaired) electrons. The van der Waals surface area contributed by atoms with Gasteiger partial charge in [-0.05, 0) is 66.2 Å². The van der Waals surface area contributed by atoms with E-state index in [-0.39, 0.29) is 11.9 Å².